The number of nitrogens with two attached hydrogens (primary N) is 1. The summed E-state index contributed by atoms with van der Waals surface area (Å²) < 4.78 is 18.2. The number of nitrogen functional groups attached to an aromatic ring is 1. The van der Waals surface area contributed by atoms with Crippen LogP contribution < -0.4 is 5.73 Å². The van der Waals surface area contributed by atoms with Gasteiger partial charge >= 0.3 is 0 Å². The van der Waals surface area contributed by atoms with Crippen LogP contribution in [-0.2, 0) is 6.54 Å². The molecule has 0 aliphatic heterocycles. The Hall–Kier alpha value is -2.56. The number of fused-ring (bicyclic) bond motifs is 1. The van der Waals surface area contributed by atoms with Gasteiger partial charge in [0.15, 0.2) is 0 Å². The van der Waals surface area contributed by atoms with Crippen molar-refractivity contribution >= 4 is 39.4 Å². The molecule has 0 bridgehead atoms. The van der Waals surface area contributed by atoms with Crippen LogP contribution in [0.1, 0.15) is 11.5 Å². The Morgan fingerprint density at radius 3 is 2.80 bits per heavy atom. The fourth-order valence-corrected chi connectivity index (χ4v) is 3.55. The molecule has 0 unspecified atom stereocenters. The predicted molar refractivity (Wildman–Crippen MR) is 99.8 cm³/mol. The highest BCUT2D eigenvalue weighted by Gasteiger charge is 2.15. The molecule has 1 aromatic carbocycles. The quantitative estimate of drug-likeness (QED) is 0.486. The molecule has 25 heavy (non-hydrogen) atoms. The van der Waals surface area contributed by atoms with Crippen LogP contribution in [-0.4, -0.2) is 29.5 Å². The van der Waals surface area contributed by atoms with Gasteiger partial charge in [-0.25, -0.2) is 19.0 Å². The van der Waals surface area contributed by atoms with E-state index in [9.17, 15) is 4.39 Å². The summed E-state index contributed by atoms with van der Waals surface area (Å²) in [4.78, 5) is 8.70. The van der Waals surface area contributed by atoms with Gasteiger partial charge in [-0.1, -0.05) is 17.3 Å². The topological polar surface area (TPSA) is 87.4 Å². The molecule has 3 aromatic heterocycles. The largest absolute Gasteiger partial charge is 0.383 e. The summed E-state index contributed by atoms with van der Waals surface area (Å²) >= 11 is 2.21. The van der Waals surface area contributed by atoms with Gasteiger partial charge in [0.1, 0.15) is 34.5 Å². The zero-order valence-corrected chi connectivity index (χ0v) is 15.3. The first-order valence-corrected chi connectivity index (χ1v) is 8.55. The lowest BCUT2D eigenvalue weighted by Crippen LogP contribution is -2.03. The molecule has 7 nitrogen and oxygen atoms in total. The molecule has 0 radical (unpaired) electrons. The summed E-state index contributed by atoms with van der Waals surface area (Å²) in [7, 11) is 0. The minimum absolute atomic E-state index is 0.351. The normalized spacial score (nSPS) is 11.3. The molecular formula is C16H13FIN7. The van der Waals surface area contributed by atoms with E-state index in [0.29, 0.717) is 29.6 Å². The second-order valence-corrected chi connectivity index (χ2v) is 6.73. The molecule has 0 atom stereocenters. The van der Waals surface area contributed by atoms with Crippen LogP contribution >= 0.6 is 22.6 Å². The first-order chi connectivity index (χ1) is 12.0. The van der Waals surface area contributed by atoms with E-state index < -0.39 is 0 Å². The average molecular weight is 449 g/mol. The minimum atomic E-state index is -0.351. The van der Waals surface area contributed by atoms with Gasteiger partial charge in [-0.15, -0.1) is 5.10 Å². The number of benzene rings is 1. The number of hydrogen-bond donors (Lipinski definition) is 1. The van der Waals surface area contributed by atoms with Gasteiger partial charge in [-0.3, -0.25) is 0 Å². The third-order valence-corrected chi connectivity index (χ3v) is 4.60. The van der Waals surface area contributed by atoms with Crippen LogP contribution in [0, 0.1) is 16.3 Å². The second-order valence-electron chi connectivity index (χ2n) is 5.57. The van der Waals surface area contributed by atoms with E-state index >= 15 is 0 Å². The Balaban J connectivity index is 1.72. The number of aryl methyl sites for hydroxylation is 1. The summed E-state index contributed by atoms with van der Waals surface area (Å²) in [6.07, 6.45) is 3.65. The van der Waals surface area contributed by atoms with E-state index in [-0.39, 0.29) is 5.82 Å². The van der Waals surface area contributed by atoms with Crippen molar-refractivity contribution in [2.24, 2.45) is 0 Å². The third-order valence-electron chi connectivity index (χ3n) is 3.78. The Morgan fingerprint density at radius 2 is 2.00 bits per heavy atom. The van der Waals surface area contributed by atoms with Crippen LogP contribution in [0.15, 0.2) is 36.7 Å². The van der Waals surface area contributed by atoms with Gasteiger partial charge in [0.05, 0.1) is 18.1 Å². The molecule has 126 valence electrons. The van der Waals surface area contributed by atoms with Crippen molar-refractivity contribution in [1.82, 2.24) is 29.5 Å². The molecular weight excluding hydrogens is 436 g/mol. The highest BCUT2D eigenvalue weighted by atomic mass is 127. The van der Waals surface area contributed by atoms with E-state index in [4.69, 9.17) is 5.73 Å². The van der Waals surface area contributed by atoms with E-state index in [0.717, 1.165) is 14.6 Å². The Morgan fingerprint density at radius 1 is 1.20 bits per heavy atom. The monoisotopic (exact) mass is 449 g/mol. The van der Waals surface area contributed by atoms with Crippen molar-refractivity contribution < 1.29 is 4.39 Å². The lowest BCUT2D eigenvalue weighted by molar-refractivity contribution is 0.607. The highest BCUT2D eigenvalue weighted by Crippen LogP contribution is 2.26. The van der Waals surface area contributed by atoms with Crippen molar-refractivity contribution in [3.63, 3.8) is 0 Å². The molecule has 4 aromatic rings. The second kappa shape index (κ2) is 6.06. The number of anilines is 1. The standard InChI is InChI=1S/C16H13FIN7/c1-9-20-15(19)14-12(18)8-24(16(14)21-9)6-10-7-25(23-22-10)13-5-3-2-4-11(13)17/h2-5,7-8H,6H2,1H3,(H2,19,20,21). The summed E-state index contributed by atoms with van der Waals surface area (Å²) in [5.74, 6) is 0.715. The lowest BCUT2D eigenvalue weighted by atomic mass is 10.3. The molecule has 0 fully saturated rings. The molecule has 4 rings (SSSR count). The summed E-state index contributed by atoms with van der Waals surface area (Å²) in [6.45, 7) is 2.25. The Labute approximate surface area is 155 Å². The van der Waals surface area contributed by atoms with Gasteiger partial charge in [0, 0.05) is 9.77 Å². The number of halogens is 2. The van der Waals surface area contributed by atoms with E-state index in [1.807, 2.05) is 10.8 Å². The maximum Gasteiger partial charge on any atom is 0.148 e. The Kier molecular flexibility index (Phi) is 3.86. The van der Waals surface area contributed by atoms with E-state index in [1.165, 1.54) is 10.7 Å². The molecule has 0 aliphatic rings. The number of para-hydroxylation sites is 1. The predicted octanol–water partition coefficient (Wildman–Crippen LogP) is 2.69. The Bertz CT molecular complexity index is 1090. The summed E-state index contributed by atoms with van der Waals surface area (Å²) in [5, 5.41) is 8.98. The van der Waals surface area contributed by atoms with Crippen LogP contribution in [0.5, 0.6) is 0 Å². The summed E-state index contributed by atoms with van der Waals surface area (Å²) in [6, 6.07) is 6.43. The lowest BCUT2D eigenvalue weighted by Gasteiger charge is -2.03. The number of hydrogen-bond acceptors (Lipinski definition) is 5. The van der Waals surface area contributed by atoms with Crippen molar-refractivity contribution in [3.8, 4) is 5.69 Å². The van der Waals surface area contributed by atoms with Crippen molar-refractivity contribution in [3.05, 3.63) is 57.6 Å². The maximum absolute atomic E-state index is 13.9. The third kappa shape index (κ3) is 2.84. The smallest absolute Gasteiger partial charge is 0.148 e. The number of rotatable bonds is 3. The average Bonchev–Trinajstić information content (AvgIpc) is 3.13. The van der Waals surface area contributed by atoms with Crippen LogP contribution in [0.3, 0.4) is 0 Å². The minimum Gasteiger partial charge on any atom is -0.383 e. The van der Waals surface area contributed by atoms with Gasteiger partial charge in [0.25, 0.3) is 0 Å². The van der Waals surface area contributed by atoms with Gasteiger partial charge in [-0.05, 0) is 41.6 Å². The SMILES string of the molecule is Cc1nc(N)c2c(I)cn(Cc3cn(-c4ccccc4F)nn3)c2n1. The van der Waals surface area contributed by atoms with Crippen molar-refractivity contribution in [1.29, 1.82) is 0 Å². The van der Waals surface area contributed by atoms with Crippen molar-refractivity contribution in [2.45, 2.75) is 13.5 Å². The maximum atomic E-state index is 13.9. The molecule has 0 saturated heterocycles. The van der Waals surface area contributed by atoms with Crippen molar-refractivity contribution in [2.75, 3.05) is 5.73 Å². The van der Waals surface area contributed by atoms with E-state index in [1.54, 1.807) is 31.3 Å². The molecule has 2 N–H and O–H groups in total. The molecule has 3 heterocycles. The van der Waals surface area contributed by atoms with E-state index in [2.05, 4.69) is 42.9 Å². The zero-order chi connectivity index (χ0) is 17.6. The molecule has 9 heteroatoms. The number of aromatic nitrogens is 6. The fraction of sp³-hybridized carbons (Fsp3) is 0.125. The summed E-state index contributed by atoms with van der Waals surface area (Å²) in [5.41, 5.74) is 7.81. The van der Waals surface area contributed by atoms with Crippen LogP contribution in [0.2, 0.25) is 0 Å². The molecule has 0 aliphatic carbocycles. The van der Waals surface area contributed by atoms with Crippen LogP contribution in [0.4, 0.5) is 10.2 Å². The first-order valence-electron chi connectivity index (χ1n) is 7.47. The van der Waals surface area contributed by atoms with Crippen LogP contribution in [0.25, 0.3) is 16.7 Å². The number of nitrogens with zero attached hydrogens (tertiary/aromatic N) is 6. The molecule has 0 spiro atoms. The highest BCUT2D eigenvalue weighted by molar-refractivity contribution is 14.1. The van der Waals surface area contributed by atoms with Gasteiger partial charge in [-0.2, -0.15) is 0 Å². The van der Waals surface area contributed by atoms with Gasteiger partial charge < -0.3 is 10.3 Å². The molecule has 0 amide bonds. The first kappa shape index (κ1) is 15.9. The molecule has 0 saturated carbocycles. The van der Waals surface area contributed by atoms with Gasteiger partial charge in [0.2, 0.25) is 0 Å². The zero-order valence-electron chi connectivity index (χ0n) is 13.2. The fourth-order valence-electron chi connectivity index (χ4n) is 2.70.